The van der Waals surface area contributed by atoms with Crippen molar-refractivity contribution in [3.63, 3.8) is 0 Å². The van der Waals surface area contributed by atoms with Gasteiger partial charge < -0.3 is 9.47 Å². The molecule has 4 rings (SSSR count). The summed E-state index contributed by atoms with van der Waals surface area (Å²) in [4.78, 5) is 27.5. The molecule has 0 aliphatic carbocycles. The molecule has 3 aromatic carbocycles. The molecular formula is C24H15ClI2N2O5. The molecule has 0 fully saturated rings. The van der Waals surface area contributed by atoms with Crippen LogP contribution < -0.4 is 4.74 Å². The molecule has 172 valence electrons. The quantitative estimate of drug-likeness (QED) is 0.0941. The van der Waals surface area contributed by atoms with Gasteiger partial charge in [0.1, 0.15) is 12.4 Å². The molecule has 10 heteroatoms. The van der Waals surface area contributed by atoms with Gasteiger partial charge in [0, 0.05) is 22.2 Å². The Balaban J connectivity index is 1.58. The summed E-state index contributed by atoms with van der Waals surface area (Å²) in [5, 5.41) is 11.9. The van der Waals surface area contributed by atoms with Crippen LogP contribution in [0.1, 0.15) is 22.3 Å². The lowest BCUT2D eigenvalue weighted by atomic mass is 10.1. The summed E-state index contributed by atoms with van der Waals surface area (Å²) in [5.41, 5.74) is 2.58. The molecule has 0 unspecified atom stereocenters. The number of nitro benzene ring substituents is 1. The lowest BCUT2D eigenvalue weighted by Gasteiger charge is -2.11. The van der Waals surface area contributed by atoms with Crippen LogP contribution in [0.5, 0.6) is 5.75 Å². The van der Waals surface area contributed by atoms with Crippen molar-refractivity contribution in [1.29, 1.82) is 0 Å². The maximum absolute atomic E-state index is 12.4. The molecule has 7 nitrogen and oxygen atoms in total. The summed E-state index contributed by atoms with van der Waals surface area (Å²) in [5.74, 6) is 0.169. The van der Waals surface area contributed by atoms with Crippen LogP contribution in [-0.2, 0) is 16.1 Å². The van der Waals surface area contributed by atoms with Crippen molar-refractivity contribution in [3.8, 4) is 5.75 Å². The molecule has 0 N–H and O–H groups in total. The number of carbonyl (C=O) groups excluding carboxylic acids is 1. The Morgan fingerprint density at radius 2 is 1.82 bits per heavy atom. The van der Waals surface area contributed by atoms with Gasteiger partial charge in [-0.15, -0.1) is 0 Å². The number of nitro groups is 1. The number of hydrogen-bond donors (Lipinski definition) is 0. The van der Waals surface area contributed by atoms with Crippen LogP contribution >= 0.6 is 56.8 Å². The summed E-state index contributed by atoms with van der Waals surface area (Å²) >= 11 is 10.3. The fourth-order valence-corrected chi connectivity index (χ4v) is 5.53. The van der Waals surface area contributed by atoms with Crippen LogP contribution in [0.15, 0.2) is 65.3 Å². The minimum Gasteiger partial charge on any atom is -0.487 e. The van der Waals surface area contributed by atoms with Crippen LogP contribution in [0.2, 0.25) is 5.02 Å². The first-order chi connectivity index (χ1) is 16.2. The third-order valence-corrected chi connectivity index (χ3v) is 6.83. The zero-order chi connectivity index (χ0) is 24.4. The first kappa shape index (κ1) is 24.6. The van der Waals surface area contributed by atoms with Crippen molar-refractivity contribution in [2.45, 2.75) is 13.5 Å². The third-order valence-electron chi connectivity index (χ3n) is 4.97. The monoisotopic (exact) mass is 700 g/mol. The van der Waals surface area contributed by atoms with Crippen LogP contribution in [0, 0.1) is 24.2 Å². The minimum atomic E-state index is -0.617. The highest BCUT2D eigenvalue weighted by molar-refractivity contribution is 14.1. The molecule has 0 saturated carbocycles. The van der Waals surface area contributed by atoms with Gasteiger partial charge in [-0.3, -0.25) is 10.1 Å². The molecule has 0 aromatic heterocycles. The van der Waals surface area contributed by atoms with E-state index in [4.69, 9.17) is 21.1 Å². The highest BCUT2D eigenvalue weighted by Crippen LogP contribution is 2.32. The summed E-state index contributed by atoms with van der Waals surface area (Å²) < 4.78 is 13.1. The molecule has 3 aromatic rings. The number of esters is 1. The molecule has 1 aliphatic rings. The second-order valence-electron chi connectivity index (χ2n) is 7.27. The van der Waals surface area contributed by atoms with Gasteiger partial charge in [0.05, 0.1) is 12.1 Å². The molecule has 0 bridgehead atoms. The molecule has 34 heavy (non-hydrogen) atoms. The van der Waals surface area contributed by atoms with Crippen molar-refractivity contribution >= 4 is 80.4 Å². The lowest BCUT2D eigenvalue weighted by molar-refractivity contribution is -0.385. The fourth-order valence-electron chi connectivity index (χ4n) is 3.27. The van der Waals surface area contributed by atoms with Gasteiger partial charge in [-0.25, -0.2) is 9.79 Å². The van der Waals surface area contributed by atoms with Crippen LogP contribution in [-0.4, -0.2) is 16.8 Å². The number of rotatable bonds is 6. The number of carbonyl (C=O) groups is 1. The predicted octanol–water partition coefficient (Wildman–Crippen LogP) is 6.69. The summed E-state index contributed by atoms with van der Waals surface area (Å²) in [6.07, 6.45) is 1.62. The number of hydrogen-bond acceptors (Lipinski definition) is 6. The van der Waals surface area contributed by atoms with Gasteiger partial charge in [-0.1, -0.05) is 29.8 Å². The van der Waals surface area contributed by atoms with Crippen LogP contribution in [0.3, 0.4) is 0 Å². The normalized spacial score (nSPS) is 14.2. The van der Waals surface area contributed by atoms with Crippen molar-refractivity contribution in [2.75, 3.05) is 0 Å². The number of aliphatic imine (C=N–C) groups is 1. The van der Waals surface area contributed by atoms with Gasteiger partial charge in [-0.05, 0) is 99.6 Å². The first-order valence-corrected chi connectivity index (χ1v) is 12.4. The molecule has 1 aliphatic heterocycles. The smallest absolute Gasteiger partial charge is 0.363 e. The van der Waals surface area contributed by atoms with Crippen LogP contribution in [0.4, 0.5) is 5.69 Å². The van der Waals surface area contributed by atoms with Gasteiger partial charge >= 0.3 is 5.97 Å². The Kier molecular flexibility index (Phi) is 7.53. The zero-order valence-electron chi connectivity index (χ0n) is 17.6. The van der Waals surface area contributed by atoms with E-state index in [9.17, 15) is 14.9 Å². The molecule has 0 radical (unpaired) electrons. The van der Waals surface area contributed by atoms with Crippen molar-refractivity contribution in [3.05, 3.63) is 105 Å². The third kappa shape index (κ3) is 5.41. The SMILES string of the molecule is Cc1c(C2=N/C(=C\c3cc(I)c(OCc4ccc(Cl)cc4)c(I)c3)C(=O)O2)cccc1[N+](=O)[O-]. The van der Waals surface area contributed by atoms with E-state index in [-0.39, 0.29) is 17.3 Å². The van der Waals surface area contributed by atoms with Crippen molar-refractivity contribution < 1.29 is 19.2 Å². The van der Waals surface area contributed by atoms with Crippen molar-refractivity contribution in [2.24, 2.45) is 4.99 Å². The van der Waals surface area contributed by atoms with Gasteiger partial charge in [0.25, 0.3) is 5.69 Å². The van der Waals surface area contributed by atoms with Gasteiger partial charge in [0.2, 0.25) is 5.90 Å². The second-order valence-corrected chi connectivity index (χ2v) is 10.0. The number of cyclic esters (lactones) is 1. The van der Waals surface area contributed by atoms with E-state index >= 15 is 0 Å². The molecule has 0 spiro atoms. The number of ether oxygens (including phenoxy) is 2. The molecular weight excluding hydrogens is 686 g/mol. The van der Waals surface area contributed by atoms with Crippen molar-refractivity contribution in [1.82, 2.24) is 0 Å². The summed E-state index contributed by atoms with van der Waals surface area (Å²) in [6, 6.07) is 15.8. The van der Waals surface area contributed by atoms with Crippen LogP contribution in [0.25, 0.3) is 6.08 Å². The van der Waals surface area contributed by atoms with E-state index in [0.717, 1.165) is 24.0 Å². The average Bonchev–Trinajstić information content (AvgIpc) is 3.14. The Labute approximate surface area is 227 Å². The fraction of sp³-hybridized carbons (Fsp3) is 0.0833. The van der Waals surface area contributed by atoms with E-state index in [1.54, 1.807) is 19.1 Å². The van der Waals surface area contributed by atoms with E-state index in [0.29, 0.717) is 22.8 Å². The summed E-state index contributed by atoms with van der Waals surface area (Å²) in [7, 11) is 0. The minimum absolute atomic E-state index is 0.0461. The Bertz CT molecular complexity index is 1350. The zero-order valence-corrected chi connectivity index (χ0v) is 22.6. The largest absolute Gasteiger partial charge is 0.487 e. The lowest BCUT2D eigenvalue weighted by Crippen LogP contribution is -2.08. The Morgan fingerprint density at radius 1 is 1.15 bits per heavy atom. The molecule has 0 atom stereocenters. The average molecular weight is 701 g/mol. The number of halogens is 3. The molecule has 1 heterocycles. The maximum atomic E-state index is 12.4. The highest BCUT2D eigenvalue weighted by atomic mass is 127. The first-order valence-electron chi connectivity index (χ1n) is 9.86. The Morgan fingerprint density at radius 3 is 2.47 bits per heavy atom. The second kappa shape index (κ2) is 10.4. The standard InChI is InChI=1S/C24H15ClI2N2O5/c1-13-17(3-2-4-21(13)29(31)32)23-28-20(24(30)34-23)11-15-9-18(26)22(19(27)10-15)33-12-14-5-7-16(25)8-6-14/h2-11H,12H2,1H3/b20-11-. The van der Waals surface area contributed by atoms with E-state index in [2.05, 4.69) is 50.2 Å². The number of benzene rings is 3. The topological polar surface area (TPSA) is 91.0 Å². The molecule has 0 saturated heterocycles. The van der Waals surface area contributed by atoms with Gasteiger partial charge in [0.15, 0.2) is 5.70 Å². The molecule has 0 amide bonds. The highest BCUT2D eigenvalue weighted by Gasteiger charge is 2.27. The summed E-state index contributed by atoms with van der Waals surface area (Å²) in [6.45, 7) is 1.99. The predicted molar refractivity (Wildman–Crippen MR) is 146 cm³/mol. The Hall–Kier alpha value is -2.51. The van der Waals surface area contributed by atoms with E-state index in [1.807, 2.05) is 36.4 Å². The number of nitrogens with zero attached hydrogens (tertiary/aromatic N) is 2. The van der Waals surface area contributed by atoms with E-state index < -0.39 is 10.9 Å². The van der Waals surface area contributed by atoms with E-state index in [1.165, 1.54) is 12.1 Å². The maximum Gasteiger partial charge on any atom is 0.363 e. The van der Waals surface area contributed by atoms with Gasteiger partial charge in [-0.2, -0.15) is 0 Å².